The van der Waals surface area contributed by atoms with Crippen molar-refractivity contribution in [2.45, 2.75) is 38.9 Å². The van der Waals surface area contributed by atoms with Crippen molar-refractivity contribution in [2.75, 3.05) is 31.6 Å². The molecule has 1 atom stereocenters. The first-order chi connectivity index (χ1) is 13.2. The van der Waals surface area contributed by atoms with Gasteiger partial charge in [0.25, 0.3) is 0 Å². The van der Waals surface area contributed by atoms with Crippen molar-refractivity contribution in [1.29, 1.82) is 0 Å². The molecule has 0 bridgehead atoms. The zero-order chi connectivity index (χ0) is 18.6. The third kappa shape index (κ3) is 4.12. The second-order valence-corrected chi connectivity index (χ2v) is 7.04. The molecular weight excluding hydrogens is 344 g/mol. The number of aryl methyl sites for hydroxylation is 1. The van der Waals surface area contributed by atoms with Crippen molar-refractivity contribution in [1.82, 2.24) is 25.0 Å². The van der Waals surface area contributed by atoms with Crippen molar-refractivity contribution in [3.05, 3.63) is 41.5 Å². The van der Waals surface area contributed by atoms with Gasteiger partial charge in [0.1, 0.15) is 5.82 Å². The van der Waals surface area contributed by atoms with E-state index in [-0.39, 0.29) is 6.03 Å². The molecular formula is C19H26N6O2. The van der Waals surface area contributed by atoms with E-state index in [1.807, 2.05) is 12.1 Å². The lowest BCUT2D eigenvalue weighted by Gasteiger charge is -2.32. The Hall–Kier alpha value is -2.45. The molecule has 8 heteroatoms. The molecule has 1 aromatic heterocycles. The van der Waals surface area contributed by atoms with Crippen LogP contribution in [0.15, 0.2) is 24.3 Å². The number of amides is 2. The summed E-state index contributed by atoms with van der Waals surface area (Å²) in [5, 5.41) is 14.0. The molecule has 0 spiro atoms. The average Bonchev–Trinajstić information content (AvgIpc) is 3.31. The first kappa shape index (κ1) is 17.9. The summed E-state index contributed by atoms with van der Waals surface area (Å²) in [6, 6.07) is 8.13. The molecule has 144 valence electrons. The summed E-state index contributed by atoms with van der Waals surface area (Å²) in [5.41, 5.74) is 2.01. The molecule has 8 nitrogen and oxygen atoms in total. The van der Waals surface area contributed by atoms with E-state index in [2.05, 4.69) is 49.4 Å². The number of morpholine rings is 1. The second kappa shape index (κ2) is 8.06. The summed E-state index contributed by atoms with van der Waals surface area (Å²) in [6.07, 6.45) is 2.06. The molecule has 2 aliphatic rings. The van der Waals surface area contributed by atoms with Gasteiger partial charge in [0.15, 0.2) is 5.82 Å². The van der Waals surface area contributed by atoms with Crippen molar-refractivity contribution >= 4 is 11.7 Å². The molecule has 1 saturated heterocycles. The fourth-order valence-electron chi connectivity index (χ4n) is 3.70. The minimum absolute atomic E-state index is 0.237. The van der Waals surface area contributed by atoms with Crippen LogP contribution < -0.4 is 10.6 Å². The van der Waals surface area contributed by atoms with Gasteiger partial charge in [0.05, 0.1) is 19.8 Å². The van der Waals surface area contributed by atoms with Gasteiger partial charge in [0, 0.05) is 37.8 Å². The van der Waals surface area contributed by atoms with Crippen LogP contribution in [0.4, 0.5) is 10.5 Å². The lowest BCUT2D eigenvalue weighted by molar-refractivity contribution is 0.0198. The molecule has 3 heterocycles. The number of carbonyl (C=O) groups is 1. The number of fused-ring (bicyclic) bond motifs is 1. The zero-order valence-electron chi connectivity index (χ0n) is 15.6. The van der Waals surface area contributed by atoms with Crippen LogP contribution in [-0.2, 0) is 24.2 Å². The Morgan fingerprint density at radius 3 is 2.74 bits per heavy atom. The van der Waals surface area contributed by atoms with Gasteiger partial charge in [-0.05, 0) is 31.0 Å². The fraction of sp³-hybridized carbons (Fsp3) is 0.526. The molecule has 2 N–H and O–H groups in total. The Morgan fingerprint density at radius 2 is 1.96 bits per heavy atom. The molecule has 0 aliphatic carbocycles. The Morgan fingerprint density at radius 1 is 1.19 bits per heavy atom. The van der Waals surface area contributed by atoms with Gasteiger partial charge >= 0.3 is 6.03 Å². The number of nitrogens with one attached hydrogen (secondary N) is 2. The third-order valence-electron chi connectivity index (χ3n) is 5.34. The lowest BCUT2D eigenvalue weighted by Crippen LogP contribution is -2.38. The summed E-state index contributed by atoms with van der Waals surface area (Å²) in [7, 11) is 0. The maximum Gasteiger partial charge on any atom is 0.319 e. The van der Waals surface area contributed by atoms with Crippen molar-refractivity contribution in [2.24, 2.45) is 0 Å². The van der Waals surface area contributed by atoms with Gasteiger partial charge in [-0.2, -0.15) is 0 Å². The van der Waals surface area contributed by atoms with Crippen LogP contribution in [0.3, 0.4) is 0 Å². The van der Waals surface area contributed by atoms with Gasteiger partial charge < -0.3 is 19.9 Å². The number of aromatic nitrogens is 3. The van der Waals surface area contributed by atoms with Gasteiger partial charge in [0.2, 0.25) is 0 Å². The number of hydrogen-bond donors (Lipinski definition) is 2. The van der Waals surface area contributed by atoms with E-state index in [1.165, 1.54) is 5.56 Å². The predicted molar refractivity (Wildman–Crippen MR) is 101 cm³/mol. The van der Waals surface area contributed by atoms with Crippen LogP contribution >= 0.6 is 0 Å². The normalized spacial score (nSPS) is 18.1. The Labute approximate surface area is 158 Å². The second-order valence-electron chi connectivity index (χ2n) is 7.04. The quantitative estimate of drug-likeness (QED) is 0.840. The maximum absolute atomic E-state index is 12.2. The number of urea groups is 1. The van der Waals surface area contributed by atoms with Gasteiger partial charge in [-0.1, -0.05) is 12.1 Å². The van der Waals surface area contributed by atoms with Gasteiger partial charge in [-0.3, -0.25) is 4.90 Å². The molecule has 1 fully saturated rings. The number of anilines is 1. The Kier molecular flexibility index (Phi) is 5.35. The largest absolute Gasteiger partial charge is 0.379 e. The molecule has 2 aromatic rings. The third-order valence-corrected chi connectivity index (χ3v) is 5.34. The predicted octanol–water partition coefficient (Wildman–Crippen LogP) is 1.94. The van der Waals surface area contributed by atoms with Crippen LogP contribution in [0.25, 0.3) is 0 Å². The highest BCUT2D eigenvalue weighted by Gasteiger charge is 2.19. The molecule has 1 aromatic carbocycles. The molecule has 0 radical (unpaired) electrons. The van der Waals surface area contributed by atoms with Crippen LogP contribution in [0.1, 0.15) is 36.6 Å². The summed E-state index contributed by atoms with van der Waals surface area (Å²) in [4.78, 5) is 14.6. The van der Waals surface area contributed by atoms with Crippen molar-refractivity contribution < 1.29 is 9.53 Å². The number of benzene rings is 1. The van der Waals surface area contributed by atoms with E-state index >= 15 is 0 Å². The SMILES string of the molecule is CC(c1ccc(NC(=O)NCc2nnc3n2CCC3)cc1)N1CCOCC1. The van der Waals surface area contributed by atoms with E-state index in [1.54, 1.807) is 0 Å². The molecule has 2 aliphatic heterocycles. The Bertz CT molecular complexity index is 782. The highest BCUT2D eigenvalue weighted by Crippen LogP contribution is 2.22. The average molecular weight is 370 g/mol. The number of nitrogens with zero attached hydrogens (tertiary/aromatic N) is 4. The monoisotopic (exact) mass is 370 g/mol. The zero-order valence-corrected chi connectivity index (χ0v) is 15.6. The lowest BCUT2D eigenvalue weighted by atomic mass is 10.1. The standard InChI is InChI=1S/C19H26N6O2/c1-14(24-9-11-27-12-10-24)15-4-6-16(7-5-15)21-19(26)20-13-18-23-22-17-3-2-8-25(17)18/h4-7,14H,2-3,8-13H2,1H3,(H2,20,21,26). The topological polar surface area (TPSA) is 84.3 Å². The van der Waals surface area contributed by atoms with Gasteiger partial charge in [-0.15, -0.1) is 10.2 Å². The smallest absolute Gasteiger partial charge is 0.319 e. The van der Waals surface area contributed by atoms with Crippen LogP contribution in [0.2, 0.25) is 0 Å². The van der Waals surface area contributed by atoms with Crippen molar-refractivity contribution in [3.8, 4) is 0 Å². The number of rotatable bonds is 5. The molecule has 27 heavy (non-hydrogen) atoms. The minimum Gasteiger partial charge on any atom is -0.379 e. The molecule has 0 saturated carbocycles. The maximum atomic E-state index is 12.2. The van der Waals surface area contributed by atoms with Crippen LogP contribution in [-0.4, -0.2) is 52.0 Å². The summed E-state index contributed by atoms with van der Waals surface area (Å²) in [5.74, 6) is 1.82. The van der Waals surface area contributed by atoms with E-state index in [0.29, 0.717) is 12.6 Å². The highest BCUT2D eigenvalue weighted by molar-refractivity contribution is 5.89. The van der Waals surface area contributed by atoms with Crippen molar-refractivity contribution in [3.63, 3.8) is 0 Å². The summed E-state index contributed by atoms with van der Waals surface area (Å²) in [6.45, 7) is 7.01. The van der Waals surface area contributed by atoms with E-state index in [9.17, 15) is 4.79 Å². The van der Waals surface area contributed by atoms with Crippen LogP contribution in [0.5, 0.6) is 0 Å². The summed E-state index contributed by atoms with van der Waals surface area (Å²) < 4.78 is 7.50. The molecule has 1 unspecified atom stereocenters. The Balaban J connectivity index is 1.29. The molecule has 4 rings (SSSR count). The summed E-state index contributed by atoms with van der Waals surface area (Å²) >= 11 is 0. The van der Waals surface area contributed by atoms with E-state index in [4.69, 9.17) is 4.74 Å². The van der Waals surface area contributed by atoms with Crippen LogP contribution in [0, 0.1) is 0 Å². The number of hydrogen-bond acceptors (Lipinski definition) is 5. The minimum atomic E-state index is -0.237. The number of carbonyl (C=O) groups excluding carboxylic acids is 1. The first-order valence-electron chi connectivity index (χ1n) is 9.58. The van der Waals surface area contributed by atoms with Gasteiger partial charge in [-0.25, -0.2) is 4.79 Å². The van der Waals surface area contributed by atoms with E-state index in [0.717, 1.165) is 63.0 Å². The van der Waals surface area contributed by atoms with E-state index < -0.39 is 0 Å². The highest BCUT2D eigenvalue weighted by atomic mass is 16.5. The first-order valence-corrected chi connectivity index (χ1v) is 9.58. The molecule has 2 amide bonds. The fourth-order valence-corrected chi connectivity index (χ4v) is 3.70. The number of ether oxygens (including phenoxy) is 1.